The molecule has 0 spiro atoms. The quantitative estimate of drug-likeness (QED) is 0.859. The van der Waals surface area contributed by atoms with Crippen LogP contribution in [0.4, 0.5) is 4.39 Å². The van der Waals surface area contributed by atoms with Crippen LogP contribution in [0, 0.1) is 11.7 Å². The van der Waals surface area contributed by atoms with Crippen molar-refractivity contribution < 1.29 is 14.3 Å². The molecule has 19 heavy (non-hydrogen) atoms. The van der Waals surface area contributed by atoms with E-state index in [0.717, 1.165) is 0 Å². The Bertz CT molecular complexity index is 444. The molecule has 0 aromatic heterocycles. The van der Waals surface area contributed by atoms with Crippen molar-refractivity contribution in [2.75, 3.05) is 6.54 Å². The van der Waals surface area contributed by atoms with Gasteiger partial charge in [0.15, 0.2) is 0 Å². The van der Waals surface area contributed by atoms with E-state index in [2.05, 4.69) is 5.32 Å². The lowest BCUT2D eigenvalue weighted by atomic mass is 9.83. The number of hydrogen-bond donors (Lipinski definition) is 2. The van der Waals surface area contributed by atoms with Gasteiger partial charge in [-0.05, 0) is 25.8 Å². The van der Waals surface area contributed by atoms with Crippen LogP contribution in [0.1, 0.15) is 33.3 Å². The largest absolute Gasteiger partial charge is 0.391 e. The van der Waals surface area contributed by atoms with E-state index in [4.69, 9.17) is 0 Å². The summed E-state index contributed by atoms with van der Waals surface area (Å²) in [5.74, 6) is -0.624. The molecule has 0 aliphatic heterocycles. The van der Waals surface area contributed by atoms with Gasteiger partial charge in [0.2, 0.25) is 5.91 Å². The Morgan fingerprint density at radius 1 is 1.37 bits per heavy atom. The molecule has 1 rings (SSSR count). The average Bonchev–Trinajstić information content (AvgIpc) is 2.35. The second-order valence-electron chi connectivity index (χ2n) is 5.63. The van der Waals surface area contributed by atoms with Crippen LogP contribution in [0.25, 0.3) is 0 Å². The van der Waals surface area contributed by atoms with Crippen LogP contribution in [0.5, 0.6) is 0 Å². The van der Waals surface area contributed by atoms with E-state index in [1.165, 1.54) is 6.07 Å². The van der Waals surface area contributed by atoms with Gasteiger partial charge in [0.1, 0.15) is 5.82 Å². The van der Waals surface area contributed by atoms with E-state index in [-0.39, 0.29) is 18.4 Å². The molecule has 106 valence electrons. The third-order valence-corrected chi connectivity index (χ3v) is 3.36. The summed E-state index contributed by atoms with van der Waals surface area (Å²) in [5, 5.41) is 12.4. The van der Waals surface area contributed by atoms with Gasteiger partial charge in [-0.2, -0.15) is 0 Å². The second kappa shape index (κ2) is 6.15. The van der Waals surface area contributed by atoms with Crippen molar-refractivity contribution in [2.24, 2.45) is 5.92 Å². The number of halogens is 1. The van der Waals surface area contributed by atoms with Gasteiger partial charge in [0.25, 0.3) is 0 Å². The molecule has 0 bridgehead atoms. The van der Waals surface area contributed by atoms with Crippen molar-refractivity contribution in [2.45, 2.75) is 39.2 Å². The number of amides is 1. The molecule has 0 aliphatic carbocycles. The number of carbonyl (C=O) groups excluding carboxylic acids is 1. The van der Waals surface area contributed by atoms with E-state index >= 15 is 0 Å². The third kappa shape index (κ3) is 3.77. The van der Waals surface area contributed by atoms with Crippen LogP contribution in [0.15, 0.2) is 24.3 Å². The van der Waals surface area contributed by atoms with E-state index in [1.54, 1.807) is 32.0 Å². The van der Waals surface area contributed by atoms with Gasteiger partial charge < -0.3 is 10.4 Å². The van der Waals surface area contributed by atoms with E-state index < -0.39 is 17.3 Å². The molecule has 1 amide bonds. The summed E-state index contributed by atoms with van der Waals surface area (Å²) in [7, 11) is 0. The smallest absolute Gasteiger partial charge is 0.230 e. The normalized spacial score (nSPS) is 13.4. The Morgan fingerprint density at radius 2 is 1.95 bits per heavy atom. The van der Waals surface area contributed by atoms with Gasteiger partial charge >= 0.3 is 0 Å². The first kappa shape index (κ1) is 15.6. The number of rotatable bonds is 5. The van der Waals surface area contributed by atoms with E-state index in [1.807, 2.05) is 13.8 Å². The highest BCUT2D eigenvalue weighted by Gasteiger charge is 2.32. The fourth-order valence-electron chi connectivity index (χ4n) is 1.74. The zero-order valence-electron chi connectivity index (χ0n) is 11.9. The summed E-state index contributed by atoms with van der Waals surface area (Å²) in [6.07, 6.45) is -0.597. The predicted octanol–water partition coefficient (Wildman–Crippen LogP) is 2.24. The summed E-state index contributed by atoms with van der Waals surface area (Å²) < 4.78 is 13.7. The van der Waals surface area contributed by atoms with Crippen molar-refractivity contribution in [3.05, 3.63) is 35.6 Å². The first-order chi connectivity index (χ1) is 8.76. The molecule has 0 radical (unpaired) electrons. The van der Waals surface area contributed by atoms with Crippen LogP contribution in [0.2, 0.25) is 0 Å². The standard InChI is InChI=1S/C15H22FNO2/c1-10(2)13(18)9-17-14(19)15(3,4)11-7-5-6-8-12(11)16/h5-8,10,13,18H,9H2,1-4H3,(H,17,19). The van der Waals surface area contributed by atoms with E-state index in [0.29, 0.717) is 5.56 Å². The zero-order chi connectivity index (χ0) is 14.6. The van der Waals surface area contributed by atoms with Crippen molar-refractivity contribution in [3.8, 4) is 0 Å². The third-order valence-electron chi connectivity index (χ3n) is 3.36. The Balaban J connectivity index is 2.78. The molecule has 0 saturated heterocycles. The summed E-state index contributed by atoms with van der Waals surface area (Å²) in [5.41, 5.74) is -0.617. The van der Waals surface area contributed by atoms with Gasteiger partial charge in [0.05, 0.1) is 11.5 Å². The number of hydrogen-bond acceptors (Lipinski definition) is 2. The SMILES string of the molecule is CC(C)C(O)CNC(=O)C(C)(C)c1ccccc1F. The minimum Gasteiger partial charge on any atom is -0.391 e. The molecule has 3 nitrogen and oxygen atoms in total. The molecule has 2 N–H and O–H groups in total. The molecule has 0 saturated carbocycles. The van der Waals surface area contributed by atoms with Crippen LogP contribution >= 0.6 is 0 Å². The van der Waals surface area contributed by atoms with Crippen LogP contribution in [0.3, 0.4) is 0 Å². The summed E-state index contributed by atoms with van der Waals surface area (Å²) in [6, 6.07) is 6.24. The van der Waals surface area contributed by atoms with Crippen molar-refractivity contribution in [1.82, 2.24) is 5.32 Å². The maximum atomic E-state index is 13.7. The predicted molar refractivity (Wildman–Crippen MR) is 73.3 cm³/mol. The van der Waals surface area contributed by atoms with Crippen molar-refractivity contribution in [3.63, 3.8) is 0 Å². The molecular formula is C15H22FNO2. The van der Waals surface area contributed by atoms with Crippen LogP contribution < -0.4 is 5.32 Å². The molecule has 1 aromatic carbocycles. The van der Waals surface area contributed by atoms with E-state index in [9.17, 15) is 14.3 Å². The number of carbonyl (C=O) groups is 1. The average molecular weight is 267 g/mol. The summed E-state index contributed by atoms with van der Waals surface area (Å²) in [6.45, 7) is 7.26. The minimum atomic E-state index is -0.970. The van der Waals surface area contributed by atoms with Crippen LogP contribution in [-0.4, -0.2) is 23.7 Å². The Hall–Kier alpha value is -1.42. The van der Waals surface area contributed by atoms with Crippen molar-refractivity contribution in [1.29, 1.82) is 0 Å². The molecule has 1 aromatic rings. The fourth-order valence-corrected chi connectivity index (χ4v) is 1.74. The maximum absolute atomic E-state index is 13.7. The number of nitrogens with one attached hydrogen (secondary N) is 1. The van der Waals surface area contributed by atoms with Gasteiger partial charge in [-0.15, -0.1) is 0 Å². The zero-order valence-corrected chi connectivity index (χ0v) is 11.9. The molecule has 0 heterocycles. The summed E-state index contributed by atoms with van der Waals surface area (Å²) >= 11 is 0. The topological polar surface area (TPSA) is 49.3 Å². The second-order valence-corrected chi connectivity index (χ2v) is 5.63. The monoisotopic (exact) mass is 267 g/mol. The van der Waals surface area contributed by atoms with Gasteiger partial charge in [-0.25, -0.2) is 4.39 Å². The summed E-state index contributed by atoms with van der Waals surface area (Å²) in [4.78, 5) is 12.2. The van der Waals surface area contributed by atoms with Crippen LogP contribution in [-0.2, 0) is 10.2 Å². The number of aliphatic hydroxyl groups excluding tert-OH is 1. The molecule has 0 aliphatic rings. The number of aliphatic hydroxyl groups is 1. The Kier molecular flexibility index (Phi) is 5.06. The highest BCUT2D eigenvalue weighted by Crippen LogP contribution is 2.25. The van der Waals surface area contributed by atoms with Gasteiger partial charge in [-0.3, -0.25) is 4.79 Å². The maximum Gasteiger partial charge on any atom is 0.230 e. The lowest BCUT2D eigenvalue weighted by Crippen LogP contribution is -2.44. The Morgan fingerprint density at radius 3 is 2.47 bits per heavy atom. The molecule has 4 heteroatoms. The van der Waals surface area contributed by atoms with Gasteiger partial charge in [0, 0.05) is 12.1 Å². The lowest BCUT2D eigenvalue weighted by Gasteiger charge is -2.26. The molecule has 1 atom stereocenters. The first-order valence-corrected chi connectivity index (χ1v) is 6.48. The highest BCUT2D eigenvalue weighted by molar-refractivity contribution is 5.87. The minimum absolute atomic E-state index is 0.0665. The molecule has 1 unspecified atom stereocenters. The van der Waals surface area contributed by atoms with Gasteiger partial charge in [-0.1, -0.05) is 32.0 Å². The molecular weight excluding hydrogens is 245 g/mol. The van der Waals surface area contributed by atoms with Crippen molar-refractivity contribution >= 4 is 5.91 Å². The molecule has 0 fully saturated rings. The Labute approximate surface area is 113 Å². The highest BCUT2D eigenvalue weighted by atomic mass is 19.1. The fraction of sp³-hybridized carbons (Fsp3) is 0.533. The lowest BCUT2D eigenvalue weighted by molar-refractivity contribution is -0.126. The first-order valence-electron chi connectivity index (χ1n) is 6.48. The number of benzene rings is 1.